The second-order valence-corrected chi connectivity index (χ2v) is 8.11. The molecule has 0 aliphatic carbocycles. The predicted octanol–water partition coefficient (Wildman–Crippen LogP) is 3.87. The third kappa shape index (κ3) is 5.60. The van der Waals surface area contributed by atoms with E-state index in [9.17, 15) is 9.59 Å². The lowest BCUT2D eigenvalue weighted by Gasteiger charge is -2.09. The highest BCUT2D eigenvalue weighted by Gasteiger charge is 2.21. The van der Waals surface area contributed by atoms with E-state index in [1.807, 2.05) is 31.2 Å². The fourth-order valence-electron chi connectivity index (χ4n) is 3.06. The zero-order valence-electron chi connectivity index (χ0n) is 18.0. The summed E-state index contributed by atoms with van der Waals surface area (Å²) in [4.78, 5) is 32.9. The summed E-state index contributed by atoms with van der Waals surface area (Å²) in [5, 5.41) is 14.5. The van der Waals surface area contributed by atoms with E-state index in [1.54, 1.807) is 47.4 Å². The van der Waals surface area contributed by atoms with E-state index >= 15 is 0 Å². The molecule has 9 nitrogen and oxygen atoms in total. The Hall–Kier alpha value is -4.05. The van der Waals surface area contributed by atoms with E-state index < -0.39 is 5.91 Å². The molecule has 166 valence electrons. The van der Waals surface area contributed by atoms with Gasteiger partial charge in [0.15, 0.2) is 10.9 Å². The molecule has 10 heteroatoms. The number of nitrogens with zero attached hydrogens (tertiary/aromatic N) is 5. The number of carbonyl (C=O) groups is 2. The molecule has 2 aromatic carbocycles. The maximum Gasteiger partial charge on any atom is 0.278 e. The molecule has 2 heterocycles. The third-order valence-corrected chi connectivity index (χ3v) is 5.46. The third-order valence-electron chi connectivity index (χ3n) is 4.58. The van der Waals surface area contributed by atoms with Crippen molar-refractivity contribution in [3.63, 3.8) is 0 Å². The quantitative estimate of drug-likeness (QED) is 0.318. The van der Waals surface area contributed by atoms with Crippen molar-refractivity contribution in [1.29, 1.82) is 0 Å². The molecule has 0 unspecified atom stereocenters. The van der Waals surface area contributed by atoms with Gasteiger partial charge in [0.1, 0.15) is 0 Å². The van der Waals surface area contributed by atoms with Gasteiger partial charge in [0.05, 0.1) is 11.4 Å². The van der Waals surface area contributed by atoms with Crippen LogP contribution in [0.1, 0.15) is 28.7 Å². The molecule has 0 radical (unpaired) electrons. The Bertz CT molecular complexity index is 1270. The molecule has 2 amide bonds. The zero-order chi connectivity index (χ0) is 23.2. The van der Waals surface area contributed by atoms with E-state index in [-0.39, 0.29) is 11.6 Å². The van der Waals surface area contributed by atoms with E-state index in [0.717, 1.165) is 11.3 Å². The van der Waals surface area contributed by atoms with Crippen LogP contribution in [0, 0.1) is 6.92 Å². The molecular formula is C23H21N7O2S. The van der Waals surface area contributed by atoms with Crippen molar-refractivity contribution in [1.82, 2.24) is 25.0 Å². The van der Waals surface area contributed by atoms with Crippen LogP contribution in [0.25, 0.3) is 5.69 Å². The van der Waals surface area contributed by atoms with Crippen molar-refractivity contribution in [2.45, 2.75) is 24.8 Å². The number of nitrogens with one attached hydrogen (secondary N) is 2. The first-order valence-electron chi connectivity index (χ1n) is 10.1. The lowest BCUT2D eigenvalue weighted by atomic mass is 10.2. The monoisotopic (exact) mass is 459 g/mol. The predicted molar refractivity (Wildman–Crippen MR) is 126 cm³/mol. The second kappa shape index (κ2) is 10.0. The number of aryl methyl sites for hydroxylation is 1. The first-order chi connectivity index (χ1) is 16.0. The van der Waals surface area contributed by atoms with Gasteiger partial charge in [-0.05, 0) is 43.3 Å². The van der Waals surface area contributed by atoms with Gasteiger partial charge in [-0.2, -0.15) is 0 Å². The summed E-state index contributed by atoms with van der Waals surface area (Å²) in [6.07, 6.45) is 3.33. The fraction of sp³-hybridized carbons (Fsp3) is 0.130. The average molecular weight is 460 g/mol. The number of hydrogen-bond donors (Lipinski definition) is 2. The largest absolute Gasteiger partial charge is 0.326 e. The molecule has 0 aliphatic rings. The maximum atomic E-state index is 13.1. The molecule has 0 aliphatic heterocycles. The van der Waals surface area contributed by atoms with E-state index in [1.165, 1.54) is 18.7 Å². The fourth-order valence-corrected chi connectivity index (χ4v) is 3.86. The Kier molecular flexibility index (Phi) is 6.75. The molecule has 4 rings (SSSR count). The Morgan fingerprint density at radius 3 is 2.36 bits per heavy atom. The number of aromatic nitrogens is 5. The van der Waals surface area contributed by atoms with Crippen molar-refractivity contribution >= 4 is 35.0 Å². The van der Waals surface area contributed by atoms with Gasteiger partial charge in [0.25, 0.3) is 5.91 Å². The summed E-state index contributed by atoms with van der Waals surface area (Å²) >= 11 is 1.39. The van der Waals surface area contributed by atoms with Crippen LogP contribution < -0.4 is 10.6 Å². The number of benzene rings is 2. The van der Waals surface area contributed by atoms with Gasteiger partial charge in [-0.1, -0.05) is 40.7 Å². The minimum Gasteiger partial charge on any atom is -0.326 e. The number of hydrogen-bond acceptors (Lipinski definition) is 7. The smallest absolute Gasteiger partial charge is 0.278 e. The van der Waals surface area contributed by atoms with Crippen molar-refractivity contribution in [3.8, 4) is 5.69 Å². The van der Waals surface area contributed by atoms with Crippen LogP contribution in [0.15, 0.2) is 72.1 Å². The highest BCUT2D eigenvalue weighted by Crippen LogP contribution is 2.24. The highest BCUT2D eigenvalue weighted by molar-refractivity contribution is 7.98. The van der Waals surface area contributed by atoms with Crippen LogP contribution in [0.2, 0.25) is 0 Å². The molecule has 4 aromatic rings. The Morgan fingerprint density at radius 2 is 1.67 bits per heavy atom. The van der Waals surface area contributed by atoms with Crippen molar-refractivity contribution in [2.75, 3.05) is 10.6 Å². The van der Waals surface area contributed by atoms with Crippen LogP contribution in [0.5, 0.6) is 0 Å². The lowest BCUT2D eigenvalue weighted by molar-refractivity contribution is -0.114. The molecule has 0 saturated heterocycles. The zero-order valence-corrected chi connectivity index (χ0v) is 18.8. The number of amides is 2. The number of carbonyl (C=O) groups excluding carboxylic acids is 2. The Morgan fingerprint density at radius 1 is 0.970 bits per heavy atom. The maximum absolute atomic E-state index is 13.1. The van der Waals surface area contributed by atoms with Gasteiger partial charge in [-0.15, -0.1) is 5.10 Å². The van der Waals surface area contributed by atoms with E-state index in [0.29, 0.717) is 28.0 Å². The minimum atomic E-state index is -0.405. The summed E-state index contributed by atoms with van der Waals surface area (Å²) in [7, 11) is 0. The summed E-state index contributed by atoms with van der Waals surface area (Å²) < 4.78 is 1.65. The summed E-state index contributed by atoms with van der Waals surface area (Å²) in [6, 6.07) is 16.4. The molecule has 33 heavy (non-hydrogen) atoms. The first kappa shape index (κ1) is 22.2. The van der Waals surface area contributed by atoms with E-state index in [4.69, 9.17) is 0 Å². The van der Waals surface area contributed by atoms with Gasteiger partial charge in [-0.25, -0.2) is 14.6 Å². The summed E-state index contributed by atoms with van der Waals surface area (Å²) in [5.74, 6) is -0.209. The van der Waals surface area contributed by atoms with Crippen molar-refractivity contribution in [2.24, 2.45) is 0 Å². The number of anilines is 2. The normalized spacial score (nSPS) is 10.6. The van der Waals surface area contributed by atoms with Crippen LogP contribution >= 0.6 is 11.8 Å². The number of rotatable bonds is 7. The van der Waals surface area contributed by atoms with Crippen LogP contribution in [0.3, 0.4) is 0 Å². The molecule has 0 fully saturated rings. The van der Waals surface area contributed by atoms with Gasteiger partial charge in [-0.3, -0.25) is 9.59 Å². The highest BCUT2D eigenvalue weighted by atomic mass is 32.2. The Balaban J connectivity index is 1.63. The van der Waals surface area contributed by atoms with Crippen LogP contribution in [0.4, 0.5) is 11.4 Å². The second-order valence-electron chi connectivity index (χ2n) is 7.17. The molecule has 0 atom stereocenters. The molecule has 2 N–H and O–H groups in total. The topological polar surface area (TPSA) is 115 Å². The van der Waals surface area contributed by atoms with Crippen molar-refractivity contribution in [3.05, 3.63) is 83.9 Å². The molecule has 0 saturated carbocycles. The van der Waals surface area contributed by atoms with Crippen molar-refractivity contribution < 1.29 is 9.59 Å². The molecule has 2 aromatic heterocycles. The molecule has 0 spiro atoms. The lowest BCUT2D eigenvalue weighted by Crippen LogP contribution is -2.15. The first-order valence-corrected chi connectivity index (χ1v) is 11.1. The average Bonchev–Trinajstić information content (AvgIpc) is 3.23. The van der Waals surface area contributed by atoms with Crippen LogP contribution in [-0.4, -0.2) is 36.8 Å². The van der Waals surface area contributed by atoms with E-state index in [2.05, 4.69) is 30.9 Å². The van der Waals surface area contributed by atoms with Gasteiger partial charge in [0.2, 0.25) is 5.91 Å². The summed E-state index contributed by atoms with van der Waals surface area (Å²) in [5.41, 5.74) is 3.84. The summed E-state index contributed by atoms with van der Waals surface area (Å²) in [6.45, 7) is 3.43. The number of thioether (sulfide) groups is 1. The Labute approximate surface area is 194 Å². The SMILES string of the molecule is CC(=O)Nc1cccc(NC(=O)c2nnn(-c3ccc(C)cc3)c2CSc2ncccn2)c1. The minimum absolute atomic E-state index is 0.193. The van der Waals surface area contributed by atoms with Gasteiger partial charge in [0, 0.05) is 36.4 Å². The molecular weight excluding hydrogens is 438 g/mol. The standard InChI is InChI=1S/C23H21N7O2S/c1-15-7-9-19(10-8-15)30-20(14-33-23-24-11-4-12-25-23)21(28-29-30)22(32)27-18-6-3-5-17(13-18)26-16(2)31/h3-13H,14H2,1-2H3,(H,26,31)(H,27,32). The van der Waals surface area contributed by atoms with Crippen LogP contribution in [-0.2, 0) is 10.5 Å². The van der Waals surface area contributed by atoms with Gasteiger partial charge < -0.3 is 10.6 Å². The van der Waals surface area contributed by atoms with Gasteiger partial charge >= 0.3 is 0 Å². The molecule has 0 bridgehead atoms.